The van der Waals surface area contributed by atoms with Gasteiger partial charge in [0, 0.05) is 11.2 Å². The fourth-order valence-corrected chi connectivity index (χ4v) is 3.91. The van der Waals surface area contributed by atoms with Crippen molar-refractivity contribution in [1.82, 2.24) is 0 Å². The molecule has 0 aliphatic heterocycles. The van der Waals surface area contributed by atoms with Gasteiger partial charge in [0.25, 0.3) is 11.2 Å². The maximum absolute atomic E-state index is 12.3. The lowest BCUT2D eigenvalue weighted by atomic mass is 9.80. The van der Waals surface area contributed by atoms with Gasteiger partial charge in [0.15, 0.2) is 0 Å². The third-order valence-corrected chi connectivity index (χ3v) is 5.37. The van der Waals surface area contributed by atoms with Gasteiger partial charge in [0.1, 0.15) is 6.10 Å². The fraction of sp³-hybridized carbons (Fsp3) is 0.722. The molecule has 0 saturated heterocycles. The Morgan fingerprint density at radius 3 is 2.25 bits per heavy atom. The molecule has 0 aromatic heterocycles. The van der Waals surface area contributed by atoms with E-state index in [-0.39, 0.29) is 23.9 Å². The van der Waals surface area contributed by atoms with E-state index >= 15 is 0 Å². The molecule has 2 nitrogen and oxygen atoms in total. The molecule has 0 spiro atoms. The van der Waals surface area contributed by atoms with Crippen molar-refractivity contribution in [3.05, 3.63) is 12.7 Å². The first-order valence-corrected chi connectivity index (χ1v) is 9.96. The zero-order valence-electron chi connectivity index (χ0n) is 13.8. The number of ether oxygens (including phenoxy) is 1. The Labute approximate surface area is 144 Å². The van der Waals surface area contributed by atoms with Gasteiger partial charge in [-0.3, -0.25) is 4.79 Å². The van der Waals surface area contributed by atoms with Gasteiger partial charge < -0.3 is 4.74 Å². The summed E-state index contributed by atoms with van der Waals surface area (Å²) < 4.78 is 42.1. The lowest BCUT2D eigenvalue weighted by molar-refractivity contribution is -0.157. The normalized spacial score (nSPS) is 31.5. The Bertz CT molecular complexity index is 491. The van der Waals surface area contributed by atoms with E-state index in [9.17, 15) is 16.5 Å². The molecule has 2 saturated carbocycles. The zero-order valence-corrected chi connectivity index (χ0v) is 14.6. The smallest absolute Gasteiger partial charge is 0.309 e. The molecule has 2 rings (SSSR count). The van der Waals surface area contributed by atoms with Gasteiger partial charge >= 0.3 is 5.97 Å². The Hall–Kier alpha value is -1.09. The minimum Gasteiger partial charge on any atom is -0.462 e. The van der Waals surface area contributed by atoms with Crippen LogP contribution < -0.4 is 0 Å². The van der Waals surface area contributed by atoms with Crippen LogP contribution in [0.5, 0.6) is 0 Å². The second-order valence-corrected chi connectivity index (χ2v) is 7.82. The first kappa shape index (κ1) is 19.2. The highest BCUT2D eigenvalue weighted by molar-refractivity contribution is 8.25. The Morgan fingerprint density at radius 1 is 1.08 bits per heavy atom. The number of carbonyl (C=O) groups is 1. The van der Waals surface area contributed by atoms with E-state index < -0.39 is 11.2 Å². The van der Waals surface area contributed by atoms with E-state index in [0.29, 0.717) is 31.6 Å². The molecule has 0 atom stereocenters. The highest BCUT2D eigenvalue weighted by Gasteiger charge is 2.30. The van der Waals surface area contributed by atoms with Crippen LogP contribution in [0, 0.1) is 28.9 Å². The summed E-state index contributed by atoms with van der Waals surface area (Å²) in [6.45, 7) is 3.76. The molecule has 0 aromatic carbocycles. The Morgan fingerprint density at radius 2 is 1.71 bits per heavy atom. The topological polar surface area (TPSA) is 26.3 Å². The summed E-state index contributed by atoms with van der Waals surface area (Å²) in [6, 6.07) is 0. The SMILES string of the molecule is C=CCC1CCC(C(=O)OC2CCC(C#CS(F)(F)F)CC2)CC1. The van der Waals surface area contributed by atoms with Crippen molar-refractivity contribution in [2.24, 2.45) is 17.8 Å². The molecule has 24 heavy (non-hydrogen) atoms. The monoisotopic (exact) mass is 362 g/mol. The molecule has 0 heterocycles. The fourth-order valence-electron chi connectivity index (χ4n) is 3.61. The molecule has 136 valence electrons. The van der Waals surface area contributed by atoms with Crippen LogP contribution >= 0.6 is 11.2 Å². The first-order chi connectivity index (χ1) is 11.4. The molecular formula is C18H25F3O2S. The maximum Gasteiger partial charge on any atom is 0.309 e. The van der Waals surface area contributed by atoms with Crippen molar-refractivity contribution in [3.8, 4) is 11.2 Å². The number of carbonyl (C=O) groups excluding carboxylic acids is 1. The van der Waals surface area contributed by atoms with Crippen molar-refractivity contribution in [1.29, 1.82) is 0 Å². The summed E-state index contributed by atoms with van der Waals surface area (Å²) in [5.41, 5.74) is 0. The van der Waals surface area contributed by atoms with E-state index in [0.717, 1.165) is 32.1 Å². The van der Waals surface area contributed by atoms with E-state index in [1.807, 2.05) is 6.08 Å². The Balaban J connectivity index is 1.71. The summed E-state index contributed by atoms with van der Waals surface area (Å²) in [7, 11) is 0. The van der Waals surface area contributed by atoms with Crippen LogP contribution in [0.1, 0.15) is 57.8 Å². The molecule has 2 fully saturated rings. The summed E-state index contributed by atoms with van der Waals surface area (Å²) in [4.78, 5) is 12.3. The Kier molecular flexibility index (Phi) is 7.09. The van der Waals surface area contributed by atoms with E-state index in [1.54, 1.807) is 0 Å². The van der Waals surface area contributed by atoms with Gasteiger partial charge in [-0.15, -0.1) is 18.2 Å². The van der Waals surface area contributed by atoms with Crippen molar-refractivity contribution >= 4 is 17.2 Å². The van der Waals surface area contributed by atoms with Gasteiger partial charge in [-0.1, -0.05) is 12.0 Å². The van der Waals surface area contributed by atoms with Crippen LogP contribution in [0.4, 0.5) is 11.7 Å². The average molecular weight is 362 g/mol. The molecule has 0 aromatic rings. The van der Waals surface area contributed by atoms with Crippen LogP contribution in [0.25, 0.3) is 0 Å². The van der Waals surface area contributed by atoms with E-state index in [4.69, 9.17) is 4.74 Å². The van der Waals surface area contributed by atoms with E-state index in [1.165, 1.54) is 5.25 Å². The van der Waals surface area contributed by atoms with Gasteiger partial charge in [-0.25, -0.2) is 0 Å². The van der Waals surface area contributed by atoms with Gasteiger partial charge in [0.2, 0.25) is 0 Å². The van der Waals surface area contributed by atoms with E-state index in [2.05, 4.69) is 12.5 Å². The van der Waals surface area contributed by atoms with Crippen molar-refractivity contribution in [2.75, 3.05) is 0 Å². The molecule has 0 amide bonds. The number of esters is 1. The van der Waals surface area contributed by atoms with Gasteiger partial charge in [-0.05, 0) is 63.7 Å². The van der Waals surface area contributed by atoms with Crippen molar-refractivity contribution in [3.63, 3.8) is 0 Å². The van der Waals surface area contributed by atoms with Crippen LogP contribution in [0.3, 0.4) is 0 Å². The molecule has 2 aliphatic rings. The summed E-state index contributed by atoms with van der Waals surface area (Å²) >= 11 is -5.23. The first-order valence-electron chi connectivity index (χ1n) is 8.63. The van der Waals surface area contributed by atoms with Gasteiger partial charge in [0.05, 0.1) is 5.92 Å². The van der Waals surface area contributed by atoms with Crippen LogP contribution in [-0.2, 0) is 9.53 Å². The van der Waals surface area contributed by atoms with Crippen molar-refractivity contribution in [2.45, 2.75) is 63.9 Å². The summed E-state index contributed by atoms with van der Waals surface area (Å²) in [6.07, 6.45) is 8.98. The second-order valence-electron chi connectivity index (χ2n) is 6.81. The molecule has 6 heteroatoms. The predicted octanol–water partition coefficient (Wildman–Crippen LogP) is 5.89. The largest absolute Gasteiger partial charge is 0.462 e. The highest BCUT2D eigenvalue weighted by atomic mass is 32.3. The number of hydrogen-bond acceptors (Lipinski definition) is 2. The lowest BCUT2D eigenvalue weighted by Gasteiger charge is -2.30. The molecule has 0 bridgehead atoms. The standard InChI is InChI=1S/C18H25F3O2S/c1-2-3-14-4-8-16(9-5-14)18(22)23-17-10-6-15(7-11-17)12-13-24(19,20)21/h2,14-17H,1,3-11H2. The number of allylic oxidation sites excluding steroid dienone is 1. The van der Waals surface area contributed by atoms with Crippen LogP contribution in [0.15, 0.2) is 12.7 Å². The predicted molar refractivity (Wildman–Crippen MR) is 90.8 cm³/mol. The van der Waals surface area contributed by atoms with Crippen LogP contribution in [0.2, 0.25) is 0 Å². The summed E-state index contributed by atoms with van der Waals surface area (Å²) in [5.74, 6) is 2.61. The summed E-state index contributed by atoms with van der Waals surface area (Å²) in [5, 5.41) is 1.43. The average Bonchev–Trinajstić information content (AvgIpc) is 2.54. The molecule has 0 N–H and O–H groups in total. The number of rotatable bonds is 4. The number of hydrogen-bond donors (Lipinski definition) is 0. The molecule has 0 unspecified atom stereocenters. The number of halogens is 3. The molecule has 0 radical (unpaired) electrons. The quantitative estimate of drug-likeness (QED) is 0.354. The third-order valence-electron chi connectivity index (χ3n) is 5.02. The van der Waals surface area contributed by atoms with Gasteiger partial charge in [-0.2, -0.15) is 0 Å². The minimum atomic E-state index is -5.23. The molecular weight excluding hydrogens is 337 g/mol. The highest BCUT2D eigenvalue weighted by Crippen LogP contribution is 2.52. The molecule has 2 aliphatic carbocycles. The third kappa shape index (κ3) is 6.43. The lowest BCUT2D eigenvalue weighted by Crippen LogP contribution is -2.30. The zero-order chi connectivity index (χ0) is 17.6. The van der Waals surface area contributed by atoms with Crippen molar-refractivity contribution < 1.29 is 21.2 Å². The maximum atomic E-state index is 12.3. The van der Waals surface area contributed by atoms with Crippen LogP contribution in [-0.4, -0.2) is 12.1 Å². The second kappa shape index (κ2) is 8.84. The minimum absolute atomic E-state index is 0.0163.